The average Bonchev–Trinajstić information content (AvgIpc) is 2.54. The number of benzene rings is 1. The second-order valence-electron chi connectivity index (χ2n) is 5.97. The number of carbonyl (C=O) groups excluding carboxylic acids is 1. The summed E-state index contributed by atoms with van der Waals surface area (Å²) in [7, 11) is 0. The fourth-order valence-electron chi connectivity index (χ4n) is 2.83. The van der Waals surface area contributed by atoms with Crippen LogP contribution in [0.5, 0.6) is 0 Å². The van der Waals surface area contributed by atoms with Crippen LogP contribution in [-0.4, -0.2) is 29.2 Å². The molecule has 1 saturated heterocycles. The van der Waals surface area contributed by atoms with Crippen molar-refractivity contribution in [1.29, 1.82) is 0 Å². The Morgan fingerprint density at radius 2 is 1.96 bits per heavy atom. The molecule has 2 aromatic rings. The number of rotatable bonds is 3. The minimum atomic E-state index is -0.111. The molecule has 1 fully saturated rings. The summed E-state index contributed by atoms with van der Waals surface area (Å²) in [5, 5.41) is 12.2. The van der Waals surface area contributed by atoms with Gasteiger partial charge in [0, 0.05) is 28.8 Å². The molecule has 2 heterocycles. The van der Waals surface area contributed by atoms with Crippen molar-refractivity contribution in [2.45, 2.75) is 19.8 Å². The second-order valence-corrected chi connectivity index (χ2v) is 6.84. The summed E-state index contributed by atoms with van der Waals surface area (Å²) in [4.78, 5) is 14.7. The average molecular weight is 365 g/mol. The normalized spacial score (nSPS) is 17.6. The molecule has 0 spiro atoms. The van der Waals surface area contributed by atoms with Crippen molar-refractivity contribution in [3.63, 3.8) is 0 Å². The fourth-order valence-corrected chi connectivity index (χ4v) is 3.36. The highest BCUT2D eigenvalue weighted by Crippen LogP contribution is 2.25. The molecule has 1 atom stereocenters. The Morgan fingerprint density at radius 1 is 1.21 bits per heavy atom. The van der Waals surface area contributed by atoms with Gasteiger partial charge in [0.1, 0.15) is 0 Å². The zero-order valence-corrected chi connectivity index (χ0v) is 14.8. The third-order valence-corrected chi connectivity index (χ3v) is 4.47. The van der Waals surface area contributed by atoms with Crippen LogP contribution in [0.2, 0.25) is 10.0 Å². The Hall–Kier alpha value is -1.85. The Balaban J connectivity index is 1.67. The number of piperidine rings is 1. The lowest BCUT2D eigenvalue weighted by Gasteiger charge is -2.32. The molecule has 1 amide bonds. The quantitative estimate of drug-likeness (QED) is 0.895. The van der Waals surface area contributed by atoms with Gasteiger partial charge in [-0.2, -0.15) is 5.10 Å². The number of anilines is 2. The highest BCUT2D eigenvalue weighted by molar-refractivity contribution is 6.35. The van der Waals surface area contributed by atoms with E-state index >= 15 is 0 Å². The number of aryl methyl sites for hydroxylation is 1. The van der Waals surface area contributed by atoms with E-state index in [0.29, 0.717) is 22.3 Å². The topological polar surface area (TPSA) is 58.1 Å². The van der Waals surface area contributed by atoms with E-state index < -0.39 is 0 Å². The summed E-state index contributed by atoms with van der Waals surface area (Å²) in [5.41, 5.74) is 1.49. The molecule has 24 heavy (non-hydrogen) atoms. The van der Waals surface area contributed by atoms with Crippen LogP contribution in [0.15, 0.2) is 30.3 Å². The van der Waals surface area contributed by atoms with Gasteiger partial charge in [-0.3, -0.25) is 4.79 Å². The van der Waals surface area contributed by atoms with Crippen LogP contribution in [0.1, 0.15) is 18.5 Å². The molecule has 126 valence electrons. The smallest absolute Gasteiger partial charge is 0.229 e. The maximum atomic E-state index is 12.6. The summed E-state index contributed by atoms with van der Waals surface area (Å²) in [6.07, 6.45) is 1.78. The third kappa shape index (κ3) is 4.16. The largest absolute Gasteiger partial charge is 0.354 e. The SMILES string of the molecule is Cc1ccc(N2CCCC(C(=O)Nc3cc(Cl)cc(Cl)c3)C2)nn1. The van der Waals surface area contributed by atoms with Crippen molar-refractivity contribution in [3.05, 3.63) is 46.1 Å². The summed E-state index contributed by atoms with van der Waals surface area (Å²) in [6, 6.07) is 8.89. The van der Waals surface area contributed by atoms with E-state index in [1.807, 2.05) is 19.1 Å². The van der Waals surface area contributed by atoms with Gasteiger partial charge < -0.3 is 10.2 Å². The van der Waals surface area contributed by atoms with E-state index in [2.05, 4.69) is 20.4 Å². The Labute approximate surface area is 151 Å². The minimum absolute atomic E-state index is 0.0295. The summed E-state index contributed by atoms with van der Waals surface area (Å²) < 4.78 is 0. The number of hydrogen-bond donors (Lipinski definition) is 1. The molecule has 1 aromatic heterocycles. The fraction of sp³-hybridized carbons (Fsp3) is 0.353. The van der Waals surface area contributed by atoms with Gasteiger partial charge in [-0.1, -0.05) is 23.2 Å². The van der Waals surface area contributed by atoms with Crippen LogP contribution in [0, 0.1) is 12.8 Å². The van der Waals surface area contributed by atoms with Crippen molar-refractivity contribution in [3.8, 4) is 0 Å². The maximum absolute atomic E-state index is 12.6. The molecule has 1 aliphatic rings. The molecular formula is C17H18Cl2N4O. The van der Waals surface area contributed by atoms with E-state index in [-0.39, 0.29) is 11.8 Å². The highest BCUT2D eigenvalue weighted by Gasteiger charge is 2.26. The number of amides is 1. The molecule has 5 nitrogen and oxygen atoms in total. The summed E-state index contributed by atoms with van der Waals surface area (Å²) in [5.74, 6) is 0.668. The van der Waals surface area contributed by atoms with E-state index in [4.69, 9.17) is 23.2 Å². The summed E-state index contributed by atoms with van der Waals surface area (Å²) in [6.45, 7) is 3.40. The monoisotopic (exact) mass is 364 g/mol. The molecular weight excluding hydrogens is 347 g/mol. The zero-order valence-electron chi connectivity index (χ0n) is 13.3. The molecule has 7 heteroatoms. The van der Waals surface area contributed by atoms with E-state index in [1.165, 1.54) is 0 Å². The van der Waals surface area contributed by atoms with Crippen molar-refractivity contribution in [1.82, 2.24) is 10.2 Å². The van der Waals surface area contributed by atoms with Gasteiger partial charge in [-0.05, 0) is 50.1 Å². The molecule has 0 bridgehead atoms. The number of nitrogens with zero attached hydrogens (tertiary/aromatic N) is 3. The van der Waals surface area contributed by atoms with Gasteiger partial charge in [-0.15, -0.1) is 5.10 Å². The van der Waals surface area contributed by atoms with Gasteiger partial charge in [0.25, 0.3) is 0 Å². The third-order valence-electron chi connectivity index (χ3n) is 4.03. The molecule has 0 saturated carbocycles. The number of hydrogen-bond acceptors (Lipinski definition) is 4. The van der Waals surface area contributed by atoms with Crippen LogP contribution < -0.4 is 10.2 Å². The number of carbonyl (C=O) groups is 1. The van der Waals surface area contributed by atoms with Crippen LogP contribution >= 0.6 is 23.2 Å². The minimum Gasteiger partial charge on any atom is -0.354 e. The first-order valence-electron chi connectivity index (χ1n) is 7.83. The van der Waals surface area contributed by atoms with Gasteiger partial charge in [0.2, 0.25) is 5.91 Å². The zero-order chi connectivity index (χ0) is 17.1. The second kappa shape index (κ2) is 7.36. The van der Waals surface area contributed by atoms with E-state index in [1.54, 1.807) is 18.2 Å². The molecule has 3 rings (SSSR count). The lowest BCUT2D eigenvalue weighted by molar-refractivity contribution is -0.120. The van der Waals surface area contributed by atoms with Crippen LogP contribution in [0.3, 0.4) is 0 Å². The molecule has 1 unspecified atom stereocenters. The molecule has 0 aliphatic carbocycles. The molecule has 0 radical (unpaired) electrons. The first kappa shape index (κ1) is 17.0. The van der Waals surface area contributed by atoms with E-state index in [0.717, 1.165) is 30.9 Å². The van der Waals surface area contributed by atoms with Gasteiger partial charge in [-0.25, -0.2) is 0 Å². The molecule has 1 aliphatic heterocycles. The summed E-state index contributed by atoms with van der Waals surface area (Å²) >= 11 is 12.0. The van der Waals surface area contributed by atoms with Crippen molar-refractivity contribution in [2.75, 3.05) is 23.3 Å². The predicted molar refractivity (Wildman–Crippen MR) is 96.8 cm³/mol. The number of nitrogens with one attached hydrogen (secondary N) is 1. The first-order chi connectivity index (χ1) is 11.5. The standard InChI is InChI=1S/C17H18Cl2N4O/c1-11-4-5-16(22-21-11)23-6-2-3-12(10-23)17(24)20-15-8-13(18)7-14(19)9-15/h4-5,7-9,12H,2-3,6,10H2,1H3,(H,20,24). The Bertz CT molecular complexity index is 716. The van der Waals surface area contributed by atoms with Gasteiger partial charge in [0.15, 0.2) is 5.82 Å². The number of aromatic nitrogens is 2. The Morgan fingerprint density at radius 3 is 2.62 bits per heavy atom. The van der Waals surface area contributed by atoms with Crippen LogP contribution in [0.25, 0.3) is 0 Å². The maximum Gasteiger partial charge on any atom is 0.229 e. The van der Waals surface area contributed by atoms with Gasteiger partial charge >= 0.3 is 0 Å². The number of halogens is 2. The molecule has 1 N–H and O–H groups in total. The van der Waals surface area contributed by atoms with E-state index in [9.17, 15) is 4.79 Å². The van der Waals surface area contributed by atoms with Crippen LogP contribution in [0.4, 0.5) is 11.5 Å². The van der Waals surface area contributed by atoms with Gasteiger partial charge in [0.05, 0.1) is 11.6 Å². The lowest BCUT2D eigenvalue weighted by Crippen LogP contribution is -2.41. The van der Waals surface area contributed by atoms with Crippen molar-refractivity contribution < 1.29 is 4.79 Å². The molecule has 1 aromatic carbocycles. The Kier molecular flexibility index (Phi) is 5.21. The predicted octanol–water partition coefficient (Wildman–Crippen LogP) is 3.95. The van der Waals surface area contributed by atoms with Crippen molar-refractivity contribution >= 4 is 40.6 Å². The first-order valence-corrected chi connectivity index (χ1v) is 8.59. The van der Waals surface area contributed by atoms with Crippen LogP contribution in [-0.2, 0) is 4.79 Å². The van der Waals surface area contributed by atoms with Crippen molar-refractivity contribution in [2.24, 2.45) is 5.92 Å². The lowest BCUT2D eigenvalue weighted by atomic mass is 9.97. The highest BCUT2D eigenvalue weighted by atomic mass is 35.5.